The van der Waals surface area contributed by atoms with E-state index in [0.29, 0.717) is 0 Å². The van der Waals surface area contributed by atoms with E-state index in [1.807, 2.05) is 0 Å². The van der Waals surface area contributed by atoms with Crippen molar-refractivity contribution in [2.75, 3.05) is 0 Å². The van der Waals surface area contributed by atoms with Gasteiger partial charge in [0.2, 0.25) is 10.0 Å². The van der Waals surface area contributed by atoms with E-state index in [0.717, 1.165) is 5.56 Å². The summed E-state index contributed by atoms with van der Waals surface area (Å²) >= 11 is 0. The zero-order valence-corrected chi connectivity index (χ0v) is 11.3. The lowest BCUT2D eigenvalue weighted by Gasteiger charge is -2.23. The molecule has 0 spiro atoms. The van der Waals surface area contributed by atoms with Crippen LogP contribution in [0, 0.1) is 12.8 Å². The standard InChI is InChI=1S/C12H17NO4S/c1-8(2)11(12(14)15)13-18(16,17)10-6-4-5-9(3)7-10/h4-8,11,13H,1-3H3,(H,14,15)/p-1/t11-/m0/s1. The predicted octanol–water partition coefficient (Wildman–Crippen LogP) is 0.0478. The summed E-state index contributed by atoms with van der Waals surface area (Å²) in [4.78, 5) is 10.9. The van der Waals surface area contributed by atoms with E-state index in [4.69, 9.17) is 0 Å². The molecule has 0 aliphatic heterocycles. The zero-order valence-electron chi connectivity index (χ0n) is 10.5. The van der Waals surface area contributed by atoms with Crippen molar-refractivity contribution >= 4 is 16.0 Å². The Morgan fingerprint density at radius 1 is 1.33 bits per heavy atom. The maximum Gasteiger partial charge on any atom is 0.241 e. The second-order valence-corrected chi connectivity index (χ2v) is 6.19. The van der Waals surface area contributed by atoms with E-state index >= 15 is 0 Å². The number of hydrogen-bond acceptors (Lipinski definition) is 4. The van der Waals surface area contributed by atoms with Crippen LogP contribution in [0.2, 0.25) is 0 Å². The first-order valence-electron chi connectivity index (χ1n) is 5.54. The van der Waals surface area contributed by atoms with Gasteiger partial charge in [-0.15, -0.1) is 0 Å². The highest BCUT2D eigenvalue weighted by Gasteiger charge is 2.23. The van der Waals surface area contributed by atoms with Crippen LogP contribution in [0.3, 0.4) is 0 Å². The molecule has 6 heteroatoms. The van der Waals surface area contributed by atoms with Gasteiger partial charge in [-0.05, 0) is 30.5 Å². The van der Waals surface area contributed by atoms with Crippen molar-refractivity contribution in [2.45, 2.75) is 31.7 Å². The Hall–Kier alpha value is -1.40. The molecule has 1 N–H and O–H groups in total. The minimum absolute atomic E-state index is 0.0504. The molecule has 0 fully saturated rings. The summed E-state index contributed by atoms with van der Waals surface area (Å²) < 4.78 is 26.1. The molecule has 0 saturated heterocycles. The fourth-order valence-electron chi connectivity index (χ4n) is 1.47. The first kappa shape index (κ1) is 14.7. The summed E-state index contributed by atoms with van der Waals surface area (Å²) in [5.74, 6) is -1.82. The van der Waals surface area contributed by atoms with Crippen molar-refractivity contribution < 1.29 is 18.3 Å². The van der Waals surface area contributed by atoms with Crippen LogP contribution in [-0.4, -0.2) is 20.4 Å². The van der Waals surface area contributed by atoms with Gasteiger partial charge in [0.25, 0.3) is 0 Å². The molecule has 0 amide bonds. The highest BCUT2D eigenvalue weighted by Crippen LogP contribution is 2.13. The van der Waals surface area contributed by atoms with Crippen LogP contribution in [0.25, 0.3) is 0 Å². The number of carboxylic acid groups (broad SMARTS) is 1. The van der Waals surface area contributed by atoms with Gasteiger partial charge in [0.15, 0.2) is 0 Å². The Morgan fingerprint density at radius 2 is 1.94 bits per heavy atom. The fourth-order valence-corrected chi connectivity index (χ4v) is 2.91. The van der Waals surface area contributed by atoms with Gasteiger partial charge in [-0.3, -0.25) is 0 Å². The minimum Gasteiger partial charge on any atom is -0.548 e. The van der Waals surface area contributed by atoms with Crippen LogP contribution in [0.4, 0.5) is 0 Å². The molecule has 0 saturated carbocycles. The SMILES string of the molecule is Cc1cccc(S(=O)(=O)N[C@H](C(=O)[O-])C(C)C)c1. The van der Waals surface area contributed by atoms with Crippen molar-refractivity contribution in [1.82, 2.24) is 4.72 Å². The number of sulfonamides is 1. The Balaban J connectivity index is 3.05. The topological polar surface area (TPSA) is 86.3 Å². The van der Waals surface area contributed by atoms with E-state index in [1.54, 1.807) is 32.9 Å². The smallest absolute Gasteiger partial charge is 0.241 e. The summed E-state index contributed by atoms with van der Waals surface area (Å²) in [7, 11) is -3.84. The minimum atomic E-state index is -3.84. The third-order valence-electron chi connectivity index (χ3n) is 2.50. The number of rotatable bonds is 5. The van der Waals surface area contributed by atoms with Gasteiger partial charge in [0.05, 0.1) is 16.9 Å². The summed E-state index contributed by atoms with van der Waals surface area (Å²) in [5.41, 5.74) is 0.785. The normalized spacial score (nSPS) is 13.6. The molecule has 1 aromatic rings. The molecule has 1 aromatic carbocycles. The third-order valence-corrected chi connectivity index (χ3v) is 3.94. The van der Waals surface area contributed by atoms with E-state index in [-0.39, 0.29) is 4.90 Å². The first-order valence-corrected chi connectivity index (χ1v) is 7.02. The lowest BCUT2D eigenvalue weighted by atomic mass is 10.1. The van der Waals surface area contributed by atoms with Crippen LogP contribution in [0.1, 0.15) is 19.4 Å². The molecule has 0 radical (unpaired) electrons. The third kappa shape index (κ3) is 3.54. The molecule has 0 unspecified atom stereocenters. The Bertz CT molecular complexity index is 537. The van der Waals surface area contributed by atoms with E-state index in [1.165, 1.54) is 12.1 Å². The van der Waals surface area contributed by atoms with Crippen LogP contribution in [0.5, 0.6) is 0 Å². The molecule has 0 aliphatic carbocycles. The lowest BCUT2D eigenvalue weighted by Crippen LogP contribution is -2.50. The summed E-state index contributed by atoms with van der Waals surface area (Å²) in [6, 6.07) is 5.03. The second-order valence-electron chi connectivity index (χ2n) is 4.48. The first-order chi connectivity index (χ1) is 8.24. The Kier molecular flexibility index (Phi) is 4.48. The van der Waals surface area contributed by atoms with Gasteiger partial charge >= 0.3 is 0 Å². The Morgan fingerprint density at radius 3 is 2.39 bits per heavy atom. The quantitative estimate of drug-likeness (QED) is 0.819. The molecule has 0 bridgehead atoms. The van der Waals surface area contributed by atoms with Crippen molar-refractivity contribution in [1.29, 1.82) is 0 Å². The molecule has 0 heterocycles. The van der Waals surface area contributed by atoms with Gasteiger partial charge in [-0.1, -0.05) is 26.0 Å². The molecule has 0 aliphatic rings. The number of aliphatic carboxylic acids is 1. The highest BCUT2D eigenvalue weighted by atomic mass is 32.2. The van der Waals surface area contributed by atoms with Gasteiger partial charge in [-0.2, -0.15) is 0 Å². The second kappa shape index (κ2) is 5.49. The van der Waals surface area contributed by atoms with Crippen molar-refractivity contribution in [2.24, 2.45) is 5.92 Å². The average Bonchev–Trinajstić information content (AvgIpc) is 2.25. The van der Waals surface area contributed by atoms with Crippen LogP contribution in [-0.2, 0) is 14.8 Å². The summed E-state index contributed by atoms with van der Waals surface area (Å²) in [6.07, 6.45) is 0. The molecule has 100 valence electrons. The van der Waals surface area contributed by atoms with E-state index in [9.17, 15) is 18.3 Å². The fraction of sp³-hybridized carbons (Fsp3) is 0.417. The lowest BCUT2D eigenvalue weighted by molar-refractivity contribution is -0.309. The van der Waals surface area contributed by atoms with Crippen LogP contribution >= 0.6 is 0 Å². The molecule has 0 aromatic heterocycles. The maximum atomic E-state index is 12.0. The average molecular weight is 270 g/mol. The van der Waals surface area contributed by atoms with Crippen molar-refractivity contribution in [3.05, 3.63) is 29.8 Å². The monoisotopic (exact) mass is 270 g/mol. The molecule has 18 heavy (non-hydrogen) atoms. The van der Waals surface area contributed by atoms with Crippen LogP contribution in [0.15, 0.2) is 29.2 Å². The molecule has 1 atom stereocenters. The number of hydrogen-bond donors (Lipinski definition) is 1. The maximum absolute atomic E-state index is 12.0. The summed E-state index contributed by atoms with van der Waals surface area (Å²) in [5, 5.41) is 10.9. The molecule has 5 nitrogen and oxygen atoms in total. The number of benzene rings is 1. The van der Waals surface area contributed by atoms with Crippen molar-refractivity contribution in [3.63, 3.8) is 0 Å². The largest absolute Gasteiger partial charge is 0.548 e. The van der Waals surface area contributed by atoms with Crippen LogP contribution < -0.4 is 9.83 Å². The van der Waals surface area contributed by atoms with Crippen molar-refractivity contribution in [3.8, 4) is 0 Å². The number of carboxylic acids is 1. The summed E-state index contributed by atoms with van der Waals surface area (Å²) in [6.45, 7) is 4.98. The molecular formula is C12H16NO4S-. The molecular weight excluding hydrogens is 254 g/mol. The van der Waals surface area contributed by atoms with E-state index < -0.39 is 28.0 Å². The Labute approximate surface area is 107 Å². The highest BCUT2D eigenvalue weighted by molar-refractivity contribution is 7.89. The predicted molar refractivity (Wildman–Crippen MR) is 65.1 cm³/mol. The van der Waals surface area contributed by atoms with Gasteiger partial charge in [0, 0.05) is 0 Å². The van der Waals surface area contributed by atoms with Gasteiger partial charge < -0.3 is 9.90 Å². The number of aryl methyl sites for hydroxylation is 1. The number of carbonyl (C=O) groups is 1. The number of nitrogens with one attached hydrogen (secondary N) is 1. The molecule has 1 rings (SSSR count). The van der Waals surface area contributed by atoms with Gasteiger partial charge in [0.1, 0.15) is 0 Å². The number of carbonyl (C=O) groups excluding carboxylic acids is 1. The zero-order chi connectivity index (χ0) is 13.9. The van der Waals surface area contributed by atoms with Gasteiger partial charge in [-0.25, -0.2) is 13.1 Å². The van der Waals surface area contributed by atoms with E-state index in [2.05, 4.69) is 4.72 Å².